The normalized spacial score (nSPS) is 18.9. The van der Waals surface area contributed by atoms with Crippen LogP contribution in [0.15, 0.2) is 24.3 Å². The molecule has 0 aromatic heterocycles. The van der Waals surface area contributed by atoms with Gasteiger partial charge in [-0.1, -0.05) is 19.1 Å². The third-order valence-corrected chi connectivity index (χ3v) is 3.70. The fraction of sp³-hybridized carbons (Fsp3) is 0.600. The van der Waals surface area contributed by atoms with Crippen molar-refractivity contribution in [3.8, 4) is 0 Å². The second-order valence-electron chi connectivity index (χ2n) is 5.21. The first-order valence-corrected chi connectivity index (χ1v) is 7.03. The number of nitrogens with two attached hydrogens (primary N) is 1. The van der Waals surface area contributed by atoms with E-state index >= 15 is 0 Å². The van der Waals surface area contributed by atoms with Gasteiger partial charge in [-0.3, -0.25) is 4.90 Å². The van der Waals surface area contributed by atoms with Crippen LogP contribution in [0.1, 0.15) is 31.9 Å². The summed E-state index contributed by atoms with van der Waals surface area (Å²) in [5.74, 6) is 0. The summed E-state index contributed by atoms with van der Waals surface area (Å²) in [6, 6.07) is 8.83. The van der Waals surface area contributed by atoms with Gasteiger partial charge in [-0.05, 0) is 37.6 Å². The Bertz CT molecular complexity index is 351. The van der Waals surface area contributed by atoms with Gasteiger partial charge in [0.05, 0.1) is 0 Å². The van der Waals surface area contributed by atoms with Crippen LogP contribution in [0.4, 0.5) is 5.69 Å². The zero-order chi connectivity index (χ0) is 13.0. The highest BCUT2D eigenvalue weighted by Crippen LogP contribution is 2.19. The van der Waals surface area contributed by atoms with Crippen molar-refractivity contribution < 1.29 is 0 Å². The monoisotopic (exact) mass is 247 g/mol. The lowest BCUT2D eigenvalue weighted by Gasteiger charge is -2.36. The first-order chi connectivity index (χ1) is 8.70. The number of piperazine rings is 1. The average Bonchev–Trinajstić information content (AvgIpc) is 2.40. The minimum Gasteiger partial charge on any atom is -0.369 e. The first kappa shape index (κ1) is 13.4. The summed E-state index contributed by atoms with van der Waals surface area (Å²) in [5, 5.41) is 0. The Morgan fingerprint density at radius 1 is 1.11 bits per heavy atom. The van der Waals surface area contributed by atoms with Crippen LogP contribution in [0.25, 0.3) is 0 Å². The Labute approximate surface area is 111 Å². The average molecular weight is 247 g/mol. The van der Waals surface area contributed by atoms with E-state index in [0.29, 0.717) is 0 Å². The number of benzene rings is 1. The molecule has 100 valence electrons. The Hall–Kier alpha value is -1.06. The molecule has 0 spiro atoms. The molecular formula is C15H25N3. The molecular weight excluding hydrogens is 222 g/mol. The van der Waals surface area contributed by atoms with Crippen molar-refractivity contribution in [2.75, 3.05) is 37.6 Å². The molecule has 1 atom stereocenters. The number of rotatable bonds is 4. The zero-order valence-electron chi connectivity index (χ0n) is 11.6. The van der Waals surface area contributed by atoms with Crippen LogP contribution in [-0.4, -0.2) is 37.6 Å². The third-order valence-electron chi connectivity index (χ3n) is 3.70. The molecule has 2 N–H and O–H groups in total. The Morgan fingerprint density at radius 3 is 2.22 bits per heavy atom. The van der Waals surface area contributed by atoms with Crippen LogP contribution in [0, 0.1) is 0 Å². The van der Waals surface area contributed by atoms with E-state index in [1.165, 1.54) is 37.3 Å². The summed E-state index contributed by atoms with van der Waals surface area (Å²) in [7, 11) is 0. The van der Waals surface area contributed by atoms with Crippen LogP contribution < -0.4 is 10.6 Å². The van der Waals surface area contributed by atoms with Crippen LogP contribution in [-0.2, 0) is 0 Å². The van der Waals surface area contributed by atoms with E-state index in [2.05, 4.69) is 41.0 Å². The molecule has 1 aliphatic heterocycles. The molecule has 0 amide bonds. The highest BCUT2D eigenvalue weighted by Gasteiger charge is 2.16. The van der Waals surface area contributed by atoms with Gasteiger partial charge >= 0.3 is 0 Å². The molecule has 0 unspecified atom stereocenters. The predicted octanol–water partition coefficient (Wildman–Crippen LogP) is 2.24. The minimum atomic E-state index is 0.125. The molecule has 3 nitrogen and oxygen atoms in total. The van der Waals surface area contributed by atoms with E-state index in [9.17, 15) is 0 Å². The summed E-state index contributed by atoms with van der Waals surface area (Å²) >= 11 is 0. The second kappa shape index (κ2) is 6.21. The molecule has 1 aromatic carbocycles. The zero-order valence-corrected chi connectivity index (χ0v) is 11.6. The molecule has 2 rings (SSSR count). The van der Waals surface area contributed by atoms with Gasteiger partial charge in [-0.25, -0.2) is 0 Å². The van der Waals surface area contributed by atoms with Gasteiger partial charge in [-0.2, -0.15) is 0 Å². The molecule has 0 aliphatic carbocycles. The van der Waals surface area contributed by atoms with Gasteiger partial charge < -0.3 is 10.6 Å². The highest BCUT2D eigenvalue weighted by molar-refractivity contribution is 5.48. The maximum Gasteiger partial charge on any atom is 0.0367 e. The predicted molar refractivity (Wildman–Crippen MR) is 78.0 cm³/mol. The Kier molecular flexibility index (Phi) is 4.61. The molecule has 1 fully saturated rings. The molecule has 0 bridgehead atoms. The fourth-order valence-corrected chi connectivity index (χ4v) is 2.53. The quantitative estimate of drug-likeness (QED) is 0.885. The van der Waals surface area contributed by atoms with Gasteiger partial charge in [0.25, 0.3) is 0 Å². The number of hydrogen-bond donors (Lipinski definition) is 1. The molecule has 1 saturated heterocycles. The third kappa shape index (κ3) is 3.24. The van der Waals surface area contributed by atoms with Crippen molar-refractivity contribution in [1.29, 1.82) is 0 Å². The van der Waals surface area contributed by atoms with E-state index in [-0.39, 0.29) is 6.04 Å². The van der Waals surface area contributed by atoms with Gasteiger partial charge in [0.2, 0.25) is 0 Å². The van der Waals surface area contributed by atoms with Crippen LogP contribution in [0.3, 0.4) is 0 Å². The second-order valence-corrected chi connectivity index (χ2v) is 5.21. The Balaban J connectivity index is 1.93. The fourth-order valence-electron chi connectivity index (χ4n) is 2.53. The molecule has 3 heteroatoms. The van der Waals surface area contributed by atoms with Gasteiger partial charge in [0.15, 0.2) is 0 Å². The first-order valence-electron chi connectivity index (χ1n) is 7.03. The van der Waals surface area contributed by atoms with E-state index < -0.39 is 0 Å². The van der Waals surface area contributed by atoms with Crippen LogP contribution >= 0.6 is 0 Å². The van der Waals surface area contributed by atoms with Crippen molar-refractivity contribution in [3.05, 3.63) is 29.8 Å². The van der Waals surface area contributed by atoms with Gasteiger partial charge in [0, 0.05) is 37.9 Å². The van der Waals surface area contributed by atoms with E-state index in [0.717, 1.165) is 13.1 Å². The van der Waals surface area contributed by atoms with Crippen molar-refractivity contribution in [2.24, 2.45) is 5.73 Å². The lowest BCUT2D eigenvalue weighted by molar-refractivity contribution is 0.258. The standard InChI is InChI=1S/C15H25N3/c1-3-8-17-9-11-18(12-10-17)15-6-4-14(5-7-15)13(2)16/h4-7,13H,3,8-12,16H2,1-2H3/t13-/m1/s1. The topological polar surface area (TPSA) is 32.5 Å². The van der Waals surface area contributed by atoms with Gasteiger partial charge in [-0.15, -0.1) is 0 Å². The van der Waals surface area contributed by atoms with E-state index in [1.54, 1.807) is 0 Å². The SMILES string of the molecule is CCCN1CCN(c2ccc([C@@H](C)N)cc2)CC1. The number of nitrogens with zero attached hydrogens (tertiary/aromatic N) is 2. The molecule has 1 aliphatic rings. The van der Waals surface area contributed by atoms with Crippen LogP contribution in [0.5, 0.6) is 0 Å². The summed E-state index contributed by atoms with van der Waals surface area (Å²) < 4.78 is 0. The summed E-state index contributed by atoms with van der Waals surface area (Å²) in [4.78, 5) is 5.02. The smallest absolute Gasteiger partial charge is 0.0367 e. The van der Waals surface area contributed by atoms with Crippen molar-refractivity contribution in [2.45, 2.75) is 26.3 Å². The minimum absolute atomic E-state index is 0.125. The maximum atomic E-state index is 5.87. The number of anilines is 1. The molecule has 18 heavy (non-hydrogen) atoms. The summed E-state index contributed by atoms with van der Waals surface area (Å²) in [5.41, 5.74) is 8.41. The molecule has 1 aromatic rings. The van der Waals surface area contributed by atoms with E-state index in [1.807, 2.05) is 6.92 Å². The summed E-state index contributed by atoms with van der Waals surface area (Å²) in [6.07, 6.45) is 1.25. The number of hydrogen-bond acceptors (Lipinski definition) is 3. The molecule has 0 radical (unpaired) electrons. The molecule has 1 heterocycles. The summed E-state index contributed by atoms with van der Waals surface area (Å²) in [6.45, 7) is 10.1. The lowest BCUT2D eigenvalue weighted by Crippen LogP contribution is -2.46. The highest BCUT2D eigenvalue weighted by atomic mass is 15.3. The van der Waals surface area contributed by atoms with Crippen molar-refractivity contribution >= 4 is 5.69 Å². The van der Waals surface area contributed by atoms with Crippen molar-refractivity contribution in [3.63, 3.8) is 0 Å². The largest absolute Gasteiger partial charge is 0.369 e. The maximum absolute atomic E-state index is 5.87. The molecule has 0 saturated carbocycles. The lowest BCUT2D eigenvalue weighted by atomic mass is 10.1. The van der Waals surface area contributed by atoms with E-state index in [4.69, 9.17) is 5.73 Å². The van der Waals surface area contributed by atoms with Gasteiger partial charge in [0.1, 0.15) is 0 Å². The van der Waals surface area contributed by atoms with Crippen LogP contribution in [0.2, 0.25) is 0 Å². The van der Waals surface area contributed by atoms with Crippen molar-refractivity contribution in [1.82, 2.24) is 4.90 Å². The Morgan fingerprint density at radius 2 is 1.72 bits per heavy atom.